The minimum absolute atomic E-state index is 0.374. The van der Waals surface area contributed by atoms with Gasteiger partial charge in [0.25, 0.3) is 0 Å². The molecule has 0 amide bonds. The van der Waals surface area contributed by atoms with Crippen LogP contribution in [0, 0.1) is 17.8 Å². The highest BCUT2D eigenvalue weighted by atomic mass is 16.3. The summed E-state index contributed by atoms with van der Waals surface area (Å²) in [4.78, 5) is 0. The molecule has 0 radical (unpaired) electrons. The second-order valence-electron chi connectivity index (χ2n) is 3.76. The molecule has 0 aromatic heterocycles. The molecule has 0 bridgehead atoms. The zero-order chi connectivity index (χ0) is 7.56. The molecule has 0 heterocycles. The molecule has 0 aliphatic heterocycles. The van der Waals surface area contributed by atoms with E-state index in [1.807, 2.05) is 0 Å². The predicted molar refractivity (Wildman–Crippen MR) is 42.8 cm³/mol. The fourth-order valence-corrected chi connectivity index (χ4v) is 1.79. The van der Waals surface area contributed by atoms with Crippen molar-refractivity contribution in [3.8, 4) is 0 Å². The van der Waals surface area contributed by atoms with Gasteiger partial charge in [-0.1, -0.05) is 13.8 Å². The van der Waals surface area contributed by atoms with Crippen molar-refractivity contribution in [1.82, 2.24) is 0 Å². The topological polar surface area (TPSA) is 20.2 Å². The summed E-state index contributed by atoms with van der Waals surface area (Å²) >= 11 is 0. The Hall–Kier alpha value is -0.0400. The van der Waals surface area contributed by atoms with Crippen molar-refractivity contribution >= 4 is 0 Å². The lowest BCUT2D eigenvalue weighted by molar-refractivity contribution is 0.216. The standard InChI is InChI=1S/C9H18O/c1-7(2)9(5-6-10)8-3-4-8/h7-10H,3-6H2,1-2H3. The van der Waals surface area contributed by atoms with Crippen LogP contribution in [0.1, 0.15) is 33.1 Å². The van der Waals surface area contributed by atoms with Crippen LogP contribution in [0.2, 0.25) is 0 Å². The average molecular weight is 142 g/mol. The van der Waals surface area contributed by atoms with E-state index in [0.717, 1.165) is 24.2 Å². The largest absolute Gasteiger partial charge is 0.396 e. The predicted octanol–water partition coefficient (Wildman–Crippen LogP) is 2.05. The molecule has 1 heteroatoms. The highest BCUT2D eigenvalue weighted by Gasteiger charge is 2.32. The van der Waals surface area contributed by atoms with E-state index in [2.05, 4.69) is 13.8 Å². The van der Waals surface area contributed by atoms with Gasteiger partial charge >= 0.3 is 0 Å². The van der Waals surface area contributed by atoms with Crippen LogP contribution >= 0.6 is 0 Å². The van der Waals surface area contributed by atoms with E-state index >= 15 is 0 Å². The van der Waals surface area contributed by atoms with E-state index in [0.29, 0.717) is 6.61 Å². The van der Waals surface area contributed by atoms with Gasteiger partial charge in [-0.05, 0) is 37.0 Å². The normalized spacial score (nSPS) is 21.6. The van der Waals surface area contributed by atoms with Gasteiger partial charge in [-0.25, -0.2) is 0 Å². The minimum Gasteiger partial charge on any atom is -0.396 e. The van der Waals surface area contributed by atoms with Crippen LogP contribution < -0.4 is 0 Å². The van der Waals surface area contributed by atoms with Crippen LogP contribution in [0.4, 0.5) is 0 Å². The molecule has 1 nitrogen and oxygen atoms in total. The van der Waals surface area contributed by atoms with Crippen LogP contribution in [0.5, 0.6) is 0 Å². The summed E-state index contributed by atoms with van der Waals surface area (Å²) in [5.41, 5.74) is 0. The Kier molecular flexibility index (Phi) is 2.72. The summed E-state index contributed by atoms with van der Waals surface area (Å²) in [5.74, 6) is 2.51. The molecule has 0 aromatic carbocycles. The smallest absolute Gasteiger partial charge is 0.0433 e. The molecule has 1 fully saturated rings. The third-order valence-electron chi connectivity index (χ3n) is 2.55. The zero-order valence-electron chi connectivity index (χ0n) is 7.01. The van der Waals surface area contributed by atoms with Crippen molar-refractivity contribution in [2.45, 2.75) is 33.1 Å². The third-order valence-corrected chi connectivity index (χ3v) is 2.55. The Morgan fingerprint density at radius 1 is 1.40 bits per heavy atom. The molecule has 1 N–H and O–H groups in total. The lowest BCUT2D eigenvalue weighted by atomic mass is 9.88. The van der Waals surface area contributed by atoms with Gasteiger partial charge in [0.2, 0.25) is 0 Å². The molecule has 10 heavy (non-hydrogen) atoms. The van der Waals surface area contributed by atoms with Crippen LogP contribution in [0.25, 0.3) is 0 Å². The fourth-order valence-electron chi connectivity index (χ4n) is 1.79. The Bertz CT molecular complexity index is 92.9. The SMILES string of the molecule is CC(C)C(CCO)C1CC1. The van der Waals surface area contributed by atoms with E-state index in [9.17, 15) is 0 Å². The van der Waals surface area contributed by atoms with Gasteiger partial charge in [-0.2, -0.15) is 0 Å². The van der Waals surface area contributed by atoms with Gasteiger partial charge in [-0.15, -0.1) is 0 Å². The molecule has 1 aliphatic carbocycles. The van der Waals surface area contributed by atoms with Gasteiger partial charge in [0, 0.05) is 6.61 Å². The molecule has 1 rings (SSSR count). The molecule has 0 saturated heterocycles. The van der Waals surface area contributed by atoms with Gasteiger partial charge < -0.3 is 5.11 Å². The van der Waals surface area contributed by atoms with Gasteiger partial charge in [-0.3, -0.25) is 0 Å². The van der Waals surface area contributed by atoms with Crippen molar-refractivity contribution in [3.05, 3.63) is 0 Å². The lowest BCUT2D eigenvalue weighted by Crippen LogP contribution is -2.12. The second-order valence-corrected chi connectivity index (χ2v) is 3.76. The van der Waals surface area contributed by atoms with Crippen molar-refractivity contribution in [1.29, 1.82) is 0 Å². The number of hydrogen-bond donors (Lipinski definition) is 1. The number of aliphatic hydroxyl groups is 1. The zero-order valence-corrected chi connectivity index (χ0v) is 7.01. The first-order valence-electron chi connectivity index (χ1n) is 4.36. The Morgan fingerprint density at radius 3 is 2.30 bits per heavy atom. The van der Waals surface area contributed by atoms with Crippen LogP contribution in [-0.4, -0.2) is 11.7 Å². The lowest BCUT2D eigenvalue weighted by Gasteiger charge is -2.18. The van der Waals surface area contributed by atoms with E-state index in [1.165, 1.54) is 12.8 Å². The van der Waals surface area contributed by atoms with E-state index in [4.69, 9.17) is 5.11 Å². The third kappa shape index (κ3) is 1.98. The van der Waals surface area contributed by atoms with Crippen molar-refractivity contribution in [2.75, 3.05) is 6.61 Å². The molecule has 1 saturated carbocycles. The summed E-state index contributed by atoms with van der Waals surface area (Å²) in [6, 6.07) is 0. The maximum Gasteiger partial charge on any atom is 0.0433 e. The highest BCUT2D eigenvalue weighted by molar-refractivity contribution is 4.82. The van der Waals surface area contributed by atoms with Gasteiger partial charge in [0.15, 0.2) is 0 Å². The minimum atomic E-state index is 0.374. The first kappa shape index (κ1) is 8.06. The Labute approximate surface area is 63.4 Å². The van der Waals surface area contributed by atoms with E-state index in [1.54, 1.807) is 0 Å². The maximum atomic E-state index is 8.76. The second kappa shape index (κ2) is 3.38. The molecule has 0 spiro atoms. The average Bonchev–Trinajstić information content (AvgIpc) is 2.63. The van der Waals surface area contributed by atoms with Crippen LogP contribution in [0.15, 0.2) is 0 Å². The maximum absolute atomic E-state index is 8.76. The molecule has 1 atom stereocenters. The van der Waals surface area contributed by atoms with Crippen molar-refractivity contribution in [3.63, 3.8) is 0 Å². The fraction of sp³-hybridized carbons (Fsp3) is 1.00. The molecule has 60 valence electrons. The first-order valence-corrected chi connectivity index (χ1v) is 4.36. The summed E-state index contributed by atoms with van der Waals surface area (Å²) < 4.78 is 0. The highest BCUT2D eigenvalue weighted by Crippen LogP contribution is 2.41. The molecule has 0 aromatic rings. The van der Waals surface area contributed by atoms with Crippen LogP contribution in [-0.2, 0) is 0 Å². The summed E-state index contributed by atoms with van der Waals surface area (Å²) in [6.07, 6.45) is 3.83. The number of hydrogen-bond acceptors (Lipinski definition) is 1. The Morgan fingerprint density at radius 2 is 2.00 bits per heavy atom. The summed E-state index contributed by atoms with van der Waals surface area (Å²) in [7, 11) is 0. The van der Waals surface area contributed by atoms with Gasteiger partial charge in [0.05, 0.1) is 0 Å². The molecule has 1 aliphatic rings. The number of rotatable bonds is 4. The summed E-state index contributed by atoms with van der Waals surface area (Å²) in [5, 5.41) is 8.76. The van der Waals surface area contributed by atoms with Crippen LogP contribution in [0.3, 0.4) is 0 Å². The molecular formula is C9H18O. The Balaban J connectivity index is 2.26. The quantitative estimate of drug-likeness (QED) is 0.637. The summed E-state index contributed by atoms with van der Waals surface area (Å²) in [6.45, 7) is 4.90. The van der Waals surface area contributed by atoms with Crippen molar-refractivity contribution < 1.29 is 5.11 Å². The van der Waals surface area contributed by atoms with E-state index < -0.39 is 0 Å². The van der Waals surface area contributed by atoms with E-state index in [-0.39, 0.29) is 0 Å². The van der Waals surface area contributed by atoms with Gasteiger partial charge in [0.1, 0.15) is 0 Å². The molecular weight excluding hydrogens is 124 g/mol. The molecule has 1 unspecified atom stereocenters. The number of aliphatic hydroxyl groups excluding tert-OH is 1. The first-order chi connectivity index (χ1) is 4.75. The van der Waals surface area contributed by atoms with Crippen molar-refractivity contribution in [2.24, 2.45) is 17.8 Å². The monoisotopic (exact) mass is 142 g/mol.